The van der Waals surface area contributed by atoms with Crippen molar-refractivity contribution in [2.24, 2.45) is 5.41 Å². The Morgan fingerprint density at radius 2 is 1.57 bits per heavy atom. The van der Waals surface area contributed by atoms with Crippen molar-refractivity contribution in [3.63, 3.8) is 0 Å². The topological polar surface area (TPSA) is 58.2 Å². The molecule has 23 heavy (non-hydrogen) atoms. The van der Waals surface area contributed by atoms with E-state index in [-0.39, 0.29) is 11.8 Å². The molecule has 2 aromatic carbocycles. The van der Waals surface area contributed by atoms with E-state index in [0.29, 0.717) is 24.2 Å². The molecular weight excluding hydrogens is 356 g/mol. The Balaban J connectivity index is 1.69. The first kappa shape index (κ1) is 15.7. The molecule has 1 saturated carbocycles. The molecule has 0 unspecified atom stereocenters. The van der Waals surface area contributed by atoms with Gasteiger partial charge in [0.05, 0.1) is 0 Å². The number of carbonyl (C=O) groups is 2. The van der Waals surface area contributed by atoms with Crippen molar-refractivity contribution in [2.75, 3.05) is 10.6 Å². The number of aryl methyl sites for hydroxylation is 1. The van der Waals surface area contributed by atoms with Gasteiger partial charge >= 0.3 is 0 Å². The molecule has 3 rings (SSSR count). The summed E-state index contributed by atoms with van der Waals surface area (Å²) in [6, 6.07) is 14.9. The van der Waals surface area contributed by atoms with Gasteiger partial charge in [-0.15, -0.1) is 0 Å². The molecule has 2 N–H and O–H groups in total. The second kappa shape index (κ2) is 6.16. The van der Waals surface area contributed by atoms with E-state index in [4.69, 9.17) is 0 Å². The van der Waals surface area contributed by atoms with Gasteiger partial charge in [-0.1, -0.05) is 39.7 Å². The van der Waals surface area contributed by atoms with Crippen molar-refractivity contribution in [3.8, 4) is 0 Å². The highest BCUT2D eigenvalue weighted by Crippen LogP contribution is 2.47. The highest BCUT2D eigenvalue weighted by molar-refractivity contribution is 9.10. The third-order valence-electron chi connectivity index (χ3n) is 4.01. The lowest BCUT2D eigenvalue weighted by Gasteiger charge is -2.15. The van der Waals surface area contributed by atoms with Gasteiger partial charge in [-0.25, -0.2) is 0 Å². The maximum atomic E-state index is 12.5. The number of benzene rings is 2. The lowest BCUT2D eigenvalue weighted by Crippen LogP contribution is -2.35. The van der Waals surface area contributed by atoms with E-state index in [1.807, 2.05) is 49.4 Å². The van der Waals surface area contributed by atoms with Gasteiger partial charge in [-0.3, -0.25) is 9.59 Å². The minimum Gasteiger partial charge on any atom is -0.325 e. The van der Waals surface area contributed by atoms with Crippen LogP contribution in [0.4, 0.5) is 11.4 Å². The number of amides is 2. The quantitative estimate of drug-likeness (QED) is 0.793. The van der Waals surface area contributed by atoms with Crippen LogP contribution in [0, 0.1) is 12.3 Å². The zero-order valence-electron chi connectivity index (χ0n) is 12.7. The molecule has 1 aliphatic rings. The number of hydrogen-bond donors (Lipinski definition) is 2. The summed E-state index contributed by atoms with van der Waals surface area (Å²) in [5.74, 6) is -0.492. The molecule has 1 fully saturated rings. The summed E-state index contributed by atoms with van der Waals surface area (Å²) in [6.07, 6.45) is 1.15. The first-order chi connectivity index (χ1) is 11.0. The van der Waals surface area contributed by atoms with Crippen LogP contribution >= 0.6 is 15.9 Å². The summed E-state index contributed by atoms with van der Waals surface area (Å²) < 4.78 is 0.879. The van der Waals surface area contributed by atoms with Gasteiger partial charge in [-0.05, 0) is 50.1 Å². The Labute approximate surface area is 143 Å². The molecule has 5 heteroatoms. The van der Waals surface area contributed by atoms with Gasteiger partial charge in [0.2, 0.25) is 11.8 Å². The van der Waals surface area contributed by atoms with E-state index in [1.165, 1.54) is 0 Å². The van der Waals surface area contributed by atoms with Crippen LogP contribution < -0.4 is 10.6 Å². The number of rotatable bonds is 4. The van der Waals surface area contributed by atoms with Crippen LogP contribution in [0.25, 0.3) is 0 Å². The van der Waals surface area contributed by atoms with Crippen LogP contribution in [0.3, 0.4) is 0 Å². The lowest BCUT2D eigenvalue weighted by molar-refractivity contribution is -0.131. The predicted molar refractivity (Wildman–Crippen MR) is 94.2 cm³/mol. The molecule has 0 aromatic heterocycles. The largest absolute Gasteiger partial charge is 0.325 e. The molecule has 0 saturated heterocycles. The van der Waals surface area contributed by atoms with Crippen molar-refractivity contribution < 1.29 is 9.59 Å². The molecule has 0 aliphatic heterocycles. The maximum absolute atomic E-state index is 12.5. The lowest BCUT2D eigenvalue weighted by atomic mass is 10.0. The highest BCUT2D eigenvalue weighted by Gasteiger charge is 2.56. The fourth-order valence-corrected chi connectivity index (χ4v) is 2.79. The maximum Gasteiger partial charge on any atom is 0.240 e. The van der Waals surface area contributed by atoms with Crippen molar-refractivity contribution >= 4 is 39.1 Å². The molecule has 0 atom stereocenters. The molecule has 1 aliphatic carbocycles. The normalized spacial score (nSPS) is 14.9. The standard InChI is InChI=1S/C18H17BrN2O2/c1-12-5-7-14(8-6-12)20-16(22)18(9-10-18)17(23)21-15-4-2-3-13(19)11-15/h2-8,11H,9-10H2,1H3,(H,20,22)(H,21,23). The minimum absolute atomic E-state index is 0.242. The third kappa shape index (κ3) is 3.45. The van der Waals surface area contributed by atoms with Gasteiger partial charge in [0.1, 0.15) is 5.41 Å². The van der Waals surface area contributed by atoms with Crippen LogP contribution in [0.2, 0.25) is 0 Å². The second-order valence-electron chi connectivity index (χ2n) is 5.87. The Kier molecular flexibility index (Phi) is 4.22. The number of carbonyl (C=O) groups excluding carboxylic acids is 2. The molecule has 4 nitrogen and oxygen atoms in total. The number of hydrogen-bond acceptors (Lipinski definition) is 2. The highest BCUT2D eigenvalue weighted by atomic mass is 79.9. The fraction of sp³-hybridized carbons (Fsp3) is 0.222. The van der Waals surface area contributed by atoms with Crippen molar-refractivity contribution in [1.82, 2.24) is 0 Å². The molecule has 2 amide bonds. The van der Waals surface area contributed by atoms with Crippen LogP contribution in [-0.2, 0) is 9.59 Å². The first-order valence-corrected chi connectivity index (χ1v) is 8.24. The summed E-state index contributed by atoms with van der Waals surface area (Å²) in [6.45, 7) is 1.99. The number of nitrogens with one attached hydrogen (secondary N) is 2. The average Bonchev–Trinajstić information content (AvgIpc) is 3.31. The van der Waals surface area contributed by atoms with Gasteiger partial charge < -0.3 is 10.6 Å². The zero-order valence-corrected chi connectivity index (χ0v) is 14.3. The van der Waals surface area contributed by atoms with E-state index in [0.717, 1.165) is 10.0 Å². The molecule has 0 bridgehead atoms. The van der Waals surface area contributed by atoms with Crippen LogP contribution in [-0.4, -0.2) is 11.8 Å². The Bertz CT molecular complexity index is 752. The van der Waals surface area contributed by atoms with Crippen LogP contribution in [0.15, 0.2) is 53.0 Å². The van der Waals surface area contributed by atoms with Crippen molar-refractivity contribution in [1.29, 1.82) is 0 Å². The Hall–Kier alpha value is -2.14. The molecular formula is C18H17BrN2O2. The van der Waals surface area contributed by atoms with Gasteiger partial charge in [0.15, 0.2) is 0 Å². The van der Waals surface area contributed by atoms with E-state index < -0.39 is 5.41 Å². The van der Waals surface area contributed by atoms with Crippen LogP contribution in [0.5, 0.6) is 0 Å². The van der Waals surface area contributed by atoms with Crippen molar-refractivity contribution in [2.45, 2.75) is 19.8 Å². The van der Waals surface area contributed by atoms with E-state index in [9.17, 15) is 9.59 Å². The molecule has 0 heterocycles. The van der Waals surface area contributed by atoms with E-state index >= 15 is 0 Å². The Morgan fingerprint density at radius 1 is 0.957 bits per heavy atom. The summed E-state index contributed by atoms with van der Waals surface area (Å²) in [7, 11) is 0. The van der Waals surface area contributed by atoms with E-state index in [2.05, 4.69) is 26.6 Å². The predicted octanol–water partition coefficient (Wildman–Crippen LogP) is 4.11. The summed E-state index contributed by atoms with van der Waals surface area (Å²) in [4.78, 5) is 25.0. The third-order valence-corrected chi connectivity index (χ3v) is 4.50. The summed E-state index contributed by atoms with van der Waals surface area (Å²) in [5.41, 5.74) is 1.56. The van der Waals surface area contributed by atoms with Gasteiger partial charge in [0, 0.05) is 15.8 Å². The summed E-state index contributed by atoms with van der Waals surface area (Å²) >= 11 is 3.37. The first-order valence-electron chi connectivity index (χ1n) is 7.45. The molecule has 2 aromatic rings. The van der Waals surface area contributed by atoms with Crippen molar-refractivity contribution in [3.05, 3.63) is 58.6 Å². The fourth-order valence-electron chi connectivity index (χ4n) is 2.39. The van der Waals surface area contributed by atoms with Gasteiger partial charge in [0.25, 0.3) is 0 Å². The molecule has 0 radical (unpaired) electrons. The number of halogens is 1. The zero-order chi connectivity index (χ0) is 16.4. The summed E-state index contributed by atoms with van der Waals surface area (Å²) in [5, 5.41) is 5.67. The SMILES string of the molecule is Cc1ccc(NC(=O)C2(C(=O)Nc3cccc(Br)c3)CC2)cc1. The number of anilines is 2. The molecule has 118 valence electrons. The van der Waals surface area contributed by atoms with Crippen LogP contribution in [0.1, 0.15) is 18.4 Å². The minimum atomic E-state index is -0.951. The average molecular weight is 373 g/mol. The Morgan fingerprint density at radius 3 is 2.13 bits per heavy atom. The second-order valence-corrected chi connectivity index (χ2v) is 6.78. The van der Waals surface area contributed by atoms with E-state index in [1.54, 1.807) is 6.07 Å². The molecule has 0 spiro atoms. The van der Waals surface area contributed by atoms with Gasteiger partial charge in [-0.2, -0.15) is 0 Å². The smallest absolute Gasteiger partial charge is 0.240 e. The monoisotopic (exact) mass is 372 g/mol.